The Morgan fingerprint density at radius 3 is 2.54 bits per heavy atom. The smallest absolute Gasteiger partial charge is 0.169 e. The molecule has 26 heavy (non-hydrogen) atoms. The number of carbonyl (C=O) groups is 1. The molecule has 132 valence electrons. The number of aliphatic hydroxyl groups excluding tert-OH is 1. The van der Waals surface area contributed by atoms with Gasteiger partial charge in [-0.15, -0.1) is 0 Å². The maximum absolute atomic E-state index is 13.0. The van der Waals surface area contributed by atoms with Gasteiger partial charge in [0.2, 0.25) is 0 Å². The number of hydrogen-bond donors (Lipinski definition) is 1. The summed E-state index contributed by atoms with van der Waals surface area (Å²) in [6.07, 6.45) is 6.61. The summed E-state index contributed by atoms with van der Waals surface area (Å²) in [7, 11) is 0. The van der Waals surface area contributed by atoms with Crippen LogP contribution in [0, 0.1) is 5.92 Å². The molecule has 1 N–H and O–H groups in total. The predicted octanol–water partition coefficient (Wildman–Crippen LogP) is 3.85. The maximum atomic E-state index is 13.0. The number of Topliss-reactive ketones (excluding diaryl/α,β-unsaturated/α-hetero) is 1. The largest absolute Gasteiger partial charge is 0.388 e. The van der Waals surface area contributed by atoms with Gasteiger partial charge in [-0.25, -0.2) is 4.68 Å². The predicted molar refractivity (Wildman–Crippen MR) is 102 cm³/mol. The first kappa shape index (κ1) is 17.8. The van der Waals surface area contributed by atoms with Crippen LogP contribution >= 0.6 is 0 Å². The first-order chi connectivity index (χ1) is 12.7. The van der Waals surface area contributed by atoms with Crippen molar-refractivity contribution < 1.29 is 9.90 Å². The molecule has 0 unspecified atom stereocenters. The minimum atomic E-state index is -0.849. The Morgan fingerprint density at radius 2 is 1.85 bits per heavy atom. The normalized spacial score (nSPS) is 13.6. The van der Waals surface area contributed by atoms with Gasteiger partial charge in [-0.05, 0) is 31.0 Å². The minimum Gasteiger partial charge on any atom is -0.388 e. The lowest BCUT2D eigenvalue weighted by Crippen LogP contribution is -2.29. The zero-order valence-corrected chi connectivity index (χ0v) is 14.7. The number of carbonyl (C=O) groups excluding carboxylic acids is 1. The van der Waals surface area contributed by atoms with E-state index in [1.165, 1.54) is 0 Å². The van der Waals surface area contributed by atoms with Gasteiger partial charge in [0.1, 0.15) is 0 Å². The lowest BCUT2D eigenvalue weighted by atomic mass is 9.86. The number of aromatic nitrogens is 2. The van der Waals surface area contributed by atoms with Gasteiger partial charge in [0.05, 0.1) is 17.7 Å². The molecule has 0 saturated carbocycles. The lowest BCUT2D eigenvalue weighted by Gasteiger charge is -2.21. The van der Waals surface area contributed by atoms with E-state index < -0.39 is 12.0 Å². The molecule has 0 saturated heterocycles. The Hall–Kier alpha value is -2.98. The Labute approximate surface area is 153 Å². The van der Waals surface area contributed by atoms with E-state index in [2.05, 4.69) is 5.10 Å². The molecule has 2 aromatic carbocycles. The van der Waals surface area contributed by atoms with E-state index in [1.54, 1.807) is 35.2 Å². The third-order valence-electron chi connectivity index (χ3n) is 4.38. The molecule has 4 heteroatoms. The van der Waals surface area contributed by atoms with Gasteiger partial charge in [0, 0.05) is 18.0 Å². The van der Waals surface area contributed by atoms with Crippen LogP contribution in [0.5, 0.6) is 0 Å². The van der Waals surface area contributed by atoms with Crippen molar-refractivity contribution in [1.29, 1.82) is 0 Å². The summed E-state index contributed by atoms with van der Waals surface area (Å²) in [5, 5.41) is 14.9. The van der Waals surface area contributed by atoms with Crippen molar-refractivity contribution in [2.75, 3.05) is 0 Å². The molecule has 0 radical (unpaired) electrons. The summed E-state index contributed by atoms with van der Waals surface area (Å²) in [5.41, 5.74) is 2.49. The fourth-order valence-corrected chi connectivity index (χ4v) is 3.07. The number of ketones is 1. The van der Waals surface area contributed by atoms with Crippen LogP contribution in [-0.4, -0.2) is 26.8 Å². The Morgan fingerprint density at radius 1 is 1.12 bits per heavy atom. The number of para-hydroxylation sites is 1. The van der Waals surface area contributed by atoms with Crippen molar-refractivity contribution in [3.05, 3.63) is 96.3 Å². The van der Waals surface area contributed by atoms with Gasteiger partial charge < -0.3 is 5.11 Å². The molecule has 0 aliphatic heterocycles. The zero-order valence-electron chi connectivity index (χ0n) is 14.7. The molecule has 0 bridgehead atoms. The van der Waals surface area contributed by atoms with Crippen molar-refractivity contribution in [3.8, 4) is 5.69 Å². The molecule has 0 spiro atoms. The molecule has 0 fully saturated rings. The molecule has 4 nitrogen and oxygen atoms in total. The van der Waals surface area contributed by atoms with Crippen molar-refractivity contribution in [1.82, 2.24) is 9.78 Å². The molecule has 0 aliphatic carbocycles. The molecule has 2 atom stereocenters. The molecular formula is C22H22N2O2. The number of rotatable bonds is 7. The quantitative estimate of drug-likeness (QED) is 0.522. The lowest BCUT2D eigenvalue weighted by molar-refractivity contribution is 0.0778. The third kappa shape index (κ3) is 3.98. The van der Waals surface area contributed by atoms with Crippen LogP contribution in [0.15, 0.2) is 85.2 Å². The van der Waals surface area contributed by atoms with Gasteiger partial charge in [-0.1, -0.05) is 60.7 Å². The van der Waals surface area contributed by atoms with Gasteiger partial charge >= 0.3 is 0 Å². The van der Waals surface area contributed by atoms with Gasteiger partial charge in [-0.2, -0.15) is 5.10 Å². The van der Waals surface area contributed by atoms with E-state index in [1.807, 2.05) is 61.7 Å². The van der Waals surface area contributed by atoms with Crippen LogP contribution in [0.25, 0.3) is 5.69 Å². The van der Waals surface area contributed by atoms with Crippen LogP contribution in [0.2, 0.25) is 0 Å². The molecule has 0 aliphatic rings. The highest BCUT2D eigenvalue weighted by Crippen LogP contribution is 2.23. The maximum Gasteiger partial charge on any atom is 0.169 e. The van der Waals surface area contributed by atoms with Crippen molar-refractivity contribution >= 4 is 5.78 Å². The summed E-state index contributed by atoms with van der Waals surface area (Å²) in [5.74, 6) is -0.628. The van der Waals surface area contributed by atoms with E-state index >= 15 is 0 Å². The van der Waals surface area contributed by atoms with E-state index in [-0.39, 0.29) is 5.78 Å². The second kappa shape index (κ2) is 8.41. The second-order valence-corrected chi connectivity index (χ2v) is 6.14. The van der Waals surface area contributed by atoms with Crippen LogP contribution in [0.1, 0.15) is 22.8 Å². The molecule has 0 amide bonds. The van der Waals surface area contributed by atoms with Gasteiger partial charge in [0.25, 0.3) is 0 Å². The molecular weight excluding hydrogens is 324 g/mol. The zero-order chi connectivity index (χ0) is 18.4. The fraction of sp³-hybridized carbons (Fsp3) is 0.182. The first-order valence-electron chi connectivity index (χ1n) is 8.68. The van der Waals surface area contributed by atoms with E-state index in [4.69, 9.17) is 0 Å². The average Bonchev–Trinajstić information content (AvgIpc) is 3.21. The minimum absolute atomic E-state index is 0.0635. The van der Waals surface area contributed by atoms with Crippen molar-refractivity contribution in [2.24, 2.45) is 5.92 Å². The van der Waals surface area contributed by atoms with Crippen molar-refractivity contribution in [2.45, 2.75) is 19.4 Å². The highest BCUT2D eigenvalue weighted by molar-refractivity contribution is 5.98. The van der Waals surface area contributed by atoms with Gasteiger partial charge in [0.15, 0.2) is 5.78 Å². The van der Waals surface area contributed by atoms with E-state index in [0.29, 0.717) is 12.0 Å². The fourth-order valence-electron chi connectivity index (χ4n) is 3.07. The SMILES string of the molecule is C/C=C/[C@H](O)[C@@H](Cc1ccccc1-n1cccn1)C(=O)c1ccccc1. The molecule has 1 aromatic heterocycles. The standard InChI is InChI=1S/C22H22N2O2/c1-2-9-21(25)19(22(26)17-10-4-3-5-11-17)16-18-12-6-7-13-20(18)24-15-8-14-23-24/h2-15,19,21,25H,16H2,1H3/b9-2+/t19-,21+/m1/s1. The molecule has 1 heterocycles. The van der Waals surface area contributed by atoms with Crippen molar-refractivity contribution in [3.63, 3.8) is 0 Å². The summed E-state index contributed by atoms with van der Waals surface area (Å²) in [6.45, 7) is 1.84. The highest BCUT2D eigenvalue weighted by atomic mass is 16.3. The highest BCUT2D eigenvalue weighted by Gasteiger charge is 2.27. The Balaban J connectivity index is 1.96. The summed E-state index contributed by atoms with van der Waals surface area (Å²) in [4.78, 5) is 13.0. The summed E-state index contributed by atoms with van der Waals surface area (Å²) >= 11 is 0. The Kier molecular flexibility index (Phi) is 5.77. The molecule has 3 rings (SSSR count). The number of nitrogens with zero attached hydrogens (tertiary/aromatic N) is 2. The van der Waals surface area contributed by atoms with Gasteiger partial charge in [-0.3, -0.25) is 4.79 Å². The van der Waals surface area contributed by atoms with E-state index in [0.717, 1.165) is 11.3 Å². The number of benzene rings is 2. The summed E-state index contributed by atoms with van der Waals surface area (Å²) in [6, 6.07) is 18.8. The number of aliphatic hydroxyl groups is 1. The van der Waals surface area contributed by atoms with E-state index in [9.17, 15) is 9.90 Å². The number of hydrogen-bond acceptors (Lipinski definition) is 3. The molecule has 3 aromatic rings. The third-order valence-corrected chi connectivity index (χ3v) is 4.38. The average molecular weight is 346 g/mol. The topological polar surface area (TPSA) is 55.1 Å². The Bertz CT molecular complexity index is 870. The summed E-state index contributed by atoms with van der Waals surface area (Å²) < 4.78 is 1.78. The second-order valence-electron chi connectivity index (χ2n) is 6.14. The number of allylic oxidation sites excluding steroid dienone is 1. The van der Waals surface area contributed by atoms with Crippen LogP contribution in [0.3, 0.4) is 0 Å². The first-order valence-corrected chi connectivity index (χ1v) is 8.68. The van der Waals surface area contributed by atoms with Crippen LogP contribution in [0.4, 0.5) is 0 Å². The van der Waals surface area contributed by atoms with Crippen LogP contribution < -0.4 is 0 Å². The monoisotopic (exact) mass is 346 g/mol. The van der Waals surface area contributed by atoms with Crippen LogP contribution in [-0.2, 0) is 6.42 Å².